The molecule has 1 N–H and O–H groups in total. The maximum atomic E-state index is 14.0. The largest absolute Gasteiger partial charge is 0.300 e. The molecule has 0 fully saturated rings. The van der Waals surface area contributed by atoms with Gasteiger partial charge in [0, 0.05) is 10.3 Å². The van der Waals surface area contributed by atoms with E-state index in [1.165, 1.54) is 15.6 Å². The number of sulfonamides is 1. The van der Waals surface area contributed by atoms with E-state index < -0.39 is 15.9 Å². The predicted molar refractivity (Wildman–Crippen MR) is 135 cm³/mol. The molecule has 1 heterocycles. The van der Waals surface area contributed by atoms with E-state index in [0.29, 0.717) is 16.2 Å². The average Bonchev–Trinajstić information content (AvgIpc) is 3.10. The summed E-state index contributed by atoms with van der Waals surface area (Å²) >= 11 is 1.37. The molecule has 3 aromatic carbocycles. The van der Waals surface area contributed by atoms with E-state index >= 15 is 0 Å². The first kappa shape index (κ1) is 22.9. The summed E-state index contributed by atoms with van der Waals surface area (Å²) in [6, 6.07) is 18.0. The Morgan fingerprint density at radius 2 is 1.67 bits per heavy atom. The summed E-state index contributed by atoms with van der Waals surface area (Å²) in [6.45, 7) is 7.21. The van der Waals surface area contributed by atoms with Crippen molar-refractivity contribution in [2.75, 3.05) is 16.2 Å². The Balaban J connectivity index is 1.80. The van der Waals surface area contributed by atoms with Gasteiger partial charge in [-0.2, -0.15) is 0 Å². The number of nitrogens with zero attached hydrogens (tertiary/aromatic N) is 2. The monoisotopic (exact) mass is 479 g/mol. The summed E-state index contributed by atoms with van der Waals surface area (Å²) in [5, 5.41) is 4.65. The summed E-state index contributed by atoms with van der Waals surface area (Å²) in [7, 11) is -4.05. The van der Waals surface area contributed by atoms with Gasteiger partial charge in [-0.15, -0.1) is 11.3 Å². The number of thiazole rings is 1. The highest BCUT2D eigenvalue weighted by Gasteiger charge is 2.30. The molecule has 0 unspecified atom stereocenters. The Bertz CT molecular complexity index is 1430. The molecule has 1 aromatic heterocycles. The summed E-state index contributed by atoms with van der Waals surface area (Å²) < 4.78 is 29.2. The first-order valence-electron chi connectivity index (χ1n) is 10.5. The Labute approximate surface area is 198 Å². The standard InChI is InChI=1S/C25H25N3O3S2/c1-16-9-7-13-22(17(16)2)28(15-24(29)27-25-26-18(3)19(4)32-25)33(30,31)23-14-8-11-20-10-5-6-12-21(20)23/h5-14H,15H2,1-4H3,(H,26,27,29). The Morgan fingerprint density at radius 1 is 0.970 bits per heavy atom. The highest BCUT2D eigenvalue weighted by Crippen LogP contribution is 2.32. The number of nitrogens with one attached hydrogen (secondary N) is 1. The molecule has 0 saturated carbocycles. The molecule has 1 amide bonds. The maximum Gasteiger partial charge on any atom is 0.265 e. The minimum absolute atomic E-state index is 0.162. The van der Waals surface area contributed by atoms with Gasteiger partial charge in [-0.1, -0.05) is 48.5 Å². The van der Waals surface area contributed by atoms with E-state index in [1.54, 1.807) is 30.3 Å². The zero-order valence-electron chi connectivity index (χ0n) is 18.9. The van der Waals surface area contributed by atoms with Crippen molar-refractivity contribution < 1.29 is 13.2 Å². The van der Waals surface area contributed by atoms with E-state index in [4.69, 9.17) is 0 Å². The molecule has 170 valence electrons. The lowest BCUT2D eigenvalue weighted by molar-refractivity contribution is -0.114. The smallest absolute Gasteiger partial charge is 0.265 e. The van der Waals surface area contributed by atoms with Crippen LogP contribution in [-0.4, -0.2) is 25.9 Å². The number of aryl methyl sites for hydroxylation is 3. The van der Waals surface area contributed by atoms with Crippen LogP contribution in [0.5, 0.6) is 0 Å². The van der Waals surface area contributed by atoms with Crippen LogP contribution in [0, 0.1) is 27.7 Å². The third-order valence-electron chi connectivity index (χ3n) is 5.72. The number of anilines is 2. The average molecular weight is 480 g/mol. The SMILES string of the molecule is Cc1cccc(N(CC(=O)Nc2nc(C)c(C)s2)S(=O)(=O)c2cccc3ccccc23)c1C. The van der Waals surface area contributed by atoms with Gasteiger partial charge in [-0.25, -0.2) is 13.4 Å². The summed E-state index contributed by atoms with van der Waals surface area (Å²) in [5.74, 6) is -0.450. The van der Waals surface area contributed by atoms with Crippen molar-refractivity contribution in [2.45, 2.75) is 32.6 Å². The normalized spacial score (nSPS) is 11.5. The number of aromatic nitrogens is 1. The zero-order chi connectivity index (χ0) is 23.8. The van der Waals surface area contributed by atoms with Crippen LogP contribution in [-0.2, 0) is 14.8 Å². The lowest BCUT2D eigenvalue weighted by atomic mass is 10.1. The van der Waals surface area contributed by atoms with Crippen LogP contribution in [0.15, 0.2) is 65.6 Å². The van der Waals surface area contributed by atoms with Gasteiger partial charge in [0.1, 0.15) is 6.54 Å². The van der Waals surface area contributed by atoms with Crippen molar-refractivity contribution in [2.24, 2.45) is 0 Å². The maximum absolute atomic E-state index is 14.0. The topological polar surface area (TPSA) is 79.4 Å². The van der Waals surface area contributed by atoms with Crippen LogP contribution in [0.4, 0.5) is 10.8 Å². The van der Waals surface area contributed by atoms with E-state index in [-0.39, 0.29) is 11.4 Å². The first-order chi connectivity index (χ1) is 15.7. The predicted octanol–water partition coefficient (Wildman–Crippen LogP) is 5.36. The lowest BCUT2D eigenvalue weighted by Crippen LogP contribution is -2.38. The third kappa shape index (κ3) is 4.49. The highest BCUT2D eigenvalue weighted by atomic mass is 32.2. The minimum atomic E-state index is -4.05. The van der Waals surface area contributed by atoms with Crippen molar-refractivity contribution >= 4 is 48.9 Å². The number of carbonyl (C=O) groups excluding carboxylic acids is 1. The molecule has 0 spiro atoms. The van der Waals surface area contributed by atoms with Crippen LogP contribution in [0.25, 0.3) is 10.8 Å². The Morgan fingerprint density at radius 3 is 2.39 bits per heavy atom. The van der Waals surface area contributed by atoms with Crippen LogP contribution < -0.4 is 9.62 Å². The second-order valence-corrected chi connectivity index (χ2v) is 11.0. The number of rotatable bonds is 6. The zero-order valence-corrected chi connectivity index (χ0v) is 20.5. The summed E-state index contributed by atoms with van der Waals surface area (Å²) in [4.78, 5) is 18.5. The van der Waals surface area contributed by atoms with Gasteiger partial charge < -0.3 is 5.32 Å². The molecule has 0 aliphatic heterocycles. The molecule has 0 saturated heterocycles. The Kier molecular flexibility index (Phi) is 6.23. The second-order valence-electron chi connectivity index (χ2n) is 7.92. The van der Waals surface area contributed by atoms with Crippen molar-refractivity contribution in [1.29, 1.82) is 0 Å². The number of benzene rings is 3. The molecule has 33 heavy (non-hydrogen) atoms. The van der Waals surface area contributed by atoms with Crippen LogP contribution in [0.1, 0.15) is 21.7 Å². The van der Waals surface area contributed by atoms with Crippen molar-refractivity contribution in [3.05, 3.63) is 82.4 Å². The summed E-state index contributed by atoms with van der Waals surface area (Å²) in [5.41, 5.74) is 3.06. The number of carbonyl (C=O) groups is 1. The fraction of sp³-hybridized carbons (Fsp3) is 0.200. The van der Waals surface area contributed by atoms with Gasteiger partial charge >= 0.3 is 0 Å². The fourth-order valence-electron chi connectivity index (χ4n) is 3.66. The van der Waals surface area contributed by atoms with E-state index in [2.05, 4.69) is 10.3 Å². The van der Waals surface area contributed by atoms with E-state index in [9.17, 15) is 13.2 Å². The van der Waals surface area contributed by atoms with Gasteiger partial charge in [0.25, 0.3) is 10.0 Å². The molecule has 0 atom stereocenters. The van der Waals surface area contributed by atoms with Crippen LogP contribution in [0.2, 0.25) is 0 Å². The second kappa shape index (κ2) is 8.96. The number of amides is 1. The molecular formula is C25H25N3O3S2. The van der Waals surface area contributed by atoms with Crippen molar-refractivity contribution in [1.82, 2.24) is 4.98 Å². The van der Waals surface area contributed by atoms with E-state index in [0.717, 1.165) is 27.1 Å². The third-order valence-corrected chi connectivity index (χ3v) is 8.53. The van der Waals surface area contributed by atoms with Crippen LogP contribution in [0.3, 0.4) is 0 Å². The van der Waals surface area contributed by atoms with Crippen molar-refractivity contribution in [3.63, 3.8) is 0 Å². The number of fused-ring (bicyclic) bond motifs is 1. The summed E-state index contributed by atoms with van der Waals surface area (Å²) in [6.07, 6.45) is 0. The van der Waals surface area contributed by atoms with Gasteiger partial charge in [0.05, 0.1) is 16.3 Å². The molecule has 0 aliphatic rings. The van der Waals surface area contributed by atoms with E-state index in [1.807, 2.05) is 58.0 Å². The van der Waals surface area contributed by atoms with Gasteiger partial charge in [0.2, 0.25) is 5.91 Å². The molecule has 4 rings (SSSR count). The molecule has 8 heteroatoms. The van der Waals surface area contributed by atoms with Crippen molar-refractivity contribution in [3.8, 4) is 0 Å². The fourth-order valence-corrected chi connectivity index (χ4v) is 6.19. The highest BCUT2D eigenvalue weighted by molar-refractivity contribution is 7.93. The minimum Gasteiger partial charge on any atom is -0.300 e. The Hall–Kier alpha value is -3.23. The van der Waals surface area contributed by atoms with Gasteiger partial charge in [-0.05, 0) is 56.3 Å². The molecule has 6 nitrogen and oxygen atoms in total. The number of hydrogen-bond acceptors (Lipinski definition) is 5. The molecule has 4 aromatic rings. The molecular weight excluding hydrogens is 454 g/mol. The molecule has 0 aliphatic carbocycles. The van der Waals surface area contributed by atoms with Gasteiger partial charge in [-0.3, -0.25) is 9.10 Å². The first-order valence-corrected chi connectivity index (χ1v) is 12.7. The lowest BCUT2D eigenvalue weighted by Gasteiger charge is -2.26. The molecule has 0 radical (unpaired) electrons. The number of hydrogen-bond donors (Lipinski definition) is 1. The van der Waals surface area contributed by atoms with Crippen LogP contribution >= 0.6 is 11.3 Å². The quantitative estimate of drug-likeness (QED) is 0.404. The van der Waals surface area contributed by atoms with Gasteiger partial charge in [0.15, 0.2) is 5.13 Å². The molecule has 0 bridgehead atoms.